The van der Waals surface area contributed by atoms with Crippen LogP contribution in [0.2, 0.25) is 0 Å². The Bertz CT molecular complexity index is 1200. The van der Waals surface area contributed by atoms with Crippen LogP contribution < -0.4 is 10.1 Å². The van der Waals surface area contributed by atoms with E-state index < -0.39 is 0 Å². The van der Waals surface area contributed by atoms with Crippen molar-refractivity contribution in [1.29, 1.82) is 0 Å². The third-order valence-electron chi connectivity index (χ3n) is 4.90. The highest BCUT2D eigenvalue weighted by atomic mass is 16.5. The molecule has 0 aliphatic carbocycles. The van der Waals surface area contributed by atoms with Gasteiger partial charge >= 0.3 is 0 Å². The number of hydrogen-bond acceptors (Lipinski definition) is 5. The molecular weight excluding hydrogens is 380 g/mol. The van der Waals surface area contributed by atoms with E-state index in [0.717, 1.165) is 16.6 Å². The Morgan fingerprint density at radius 3 is 2.67 bits per heavy atom. The van der Waals surface area contributed by atoms with Gasteiger partial charge in [-0.25, -0.2) is 4.98 Å². The molecule has 0 aliphatic rings. The lowest BCUT2D eigenvalue weighted by Crippen LogP contribution is -2.12. The monoisotopic (exact) mass is 402 g/mol. The zero-order valence-electron chi connectivity index (χ0n) is 17.0. The number of nitrogens with zero attached hydrogens (tertiary/aromatic N) is 1. The van der Waals surface area contributed by atoms with Gasteiger partial charge in [-0.05, 0) is 74.4 Å². The van der Waals surface area contributed by atoms with Gasteiger partial charge in [0.05, 0.1) is 12.2 Å². The highest BCUT2D eigenvalue weighted by molar-refractivity contribution is 6.04. The largest absolute Gasteiger partial charge is 0.507 e. The van der Waals surface area contributed by atoms with E-state index in [4.69, 9.17) is 9.15 Å². The van der Waals surface area contributed by atoms with E-state index in [0.29, 0.717) is 40.6 Å². The Labute approximate surface area is 174 Å². The molecule has 1 aromatic heterocycles. The van der Waals surface area contributed by atoms with E-state index in [1.165, 1.54) is 6.07 Å². The number of aromatic hydroxyl groups is 1. The van der Waals surface area contributed by atoms with Crippen molar-refractivity contribution >= 4 is 22.7 Å². The van der Waals surface area contributed by atoms with Crippen LogP contribution in [0.3, 0.4) is 0 Å². The number of carbonyl (C=O) groups is 1. The highest BCUT2D eigenvalue weighted by Gasteiger charge is 2.15. The van der Waals surface area contributed by atoms with Crippen LogP contribution in [0, 0.1) is 13.8 Å². The van der Waals surface area contributed by atoms with Crippen molar-refractivity contribution in [1.82, 2.24) is 4.98 Å². The maximum Gasteiger partial charge on any atom is 0.255 e. The SMILES string of the molecule is CCOc1cccc(C(=O)Nc2ccc(-c3nc4cc(C)c(C)cc4o3)c(O)c2)c1. The lowest BCUT2D eigenvalue weighted by atomic mass is 10.1. The van der Waals surface area contributed by atoms with E-state index in [-0.39, 0.29) is 11.7 Å². The molecule has 0 aliphatic heterocycles. The number of phenolic OH excluding ortho intramolecular Hbond substituents is 1. The summed E-state index contributed by atoms with van der Waals surface area (Å²) in [6.45, 7) is 6.43. The van der Waals surface area contributed by atoms with E-state index in [2.05, 4.69) is 10.3 Å². The van der Waals surface area contributed by atoms with Crippen molar-refractivity contribution in [2.75, 3.05) is 11.9 Å². The first-order valence-electron chi connectivity index (χ1n) is 9.70. The number of carbonyl (C=O) groups excluding carboxylic acids is 1. The molecule has 0 saturated heterocycles. The molecule has 0 atom stereocenters. The molecule has 1 heterocycles. The molecule has 0 saturated carbocycles. The molecule has 0 radical (unpaired) electrons. The third-order valence-corrected chi connectivity index (χ3v) is 4.90. The second-order valence-corrected chi connectivity index (χ2v) is 7.07. The van der Waals surface area contributed by atoms with Gasteiger partial charge in [0.15, 0.2) is 5.58 Å². The van der Waals surface area contributed by atoms with Gasteiger partial charge in [-0.3, -0.25) is 4.79 Å². The number of nitrogens with one attached hydrogen (secondary N) is 1. The quantitative estimate of drug-likeness (QED) is 0.462. The number of phenols is 1. The topological polar surface area (TPSA) is 84.6 Å². The van der Waals surface area contributed by atoms with Crippen molar-refractivity contribution in [3.8, 4) is 23.0 Å². The number of amides is 1. The fraction of sp³-hybridized carbons (Fsp3) is 0.167. The fourth-order valence-electron chi connectivity index (χ4n) is 3.18. The molecule has 6 heteroatoms. The molecule has 0 bridgehead atoms. The molecule has 30 heavy (non-hydrogen) atoms. The average Bonchev–Trinajstić information content (AvgIpc) is 3.11. The summed E-state index contributed by atoms with van der Waals surface area (Å²) in [6.07, 6.45) is 0. The van der Waals surface area contributed by atoms with E-state index in [1.807, 2.05) is 32.9 Å². The lowest BCUT2D eigenvalue weighted by molar-refractivity contribution is 0.102. The number of benzene rings is 3. The Morgan fingerprint density at radius 1 is 1.10 bits per heavy atom. The smallest absolute Gasteiger partial charge is 0.255 e. The molecule has 2 N–H and O–H groups in total. The van der Waals surface area contributed by atoms with Crippen LogP contribution in [0.4, 0.5) is 5.69 Å². The summed E-state index contributed by atoms with van der Waals surface area (Å²) in [6, 6.07) is 15.7. The van der Waals surface area contributed by atoms with Gasteiger partial charge in [-0.2, -0.15) is 0 Å². The standard InChI is InChI=1S/C24H22N2O4/c1-4-29-18-7-5-6-16(12-18)23(28)25-17-8-9-19(21(27)13-17)24-26-20-10-14(2)15(3)11-22(20)30-24/h5-13,27H,4H2,1-3H3,(H,25,28). The predicted molar refractivity (Wildman–Crippen MR) is 116 cm³/mol. The first-order chi connectivity index (χ1) is 14.4. The van der Waals surface area contributed by atoms with Crippen LogP contribution in [0.1, 0.15) is 28.4 Å². The van der Waals surface area contributed by atoms with Crippen LogP contribution in [0.5, 0.6) is 11.5 Å². The van der Waals surface area contributed by atoms with E-state index in [1.54, 1.807) is 36.4 Å². The Balaban J connectivity index is 1.57. The fourth-order valence-corrected chi connectivity index (χ4v) is 3.18. The van der Waals surface area contributed by atoms with Crippen LogP contribution in [0.15, 0.2) is 59.0 Å². The van der Waals surface area contributed by atoms with Gasteiger partial charge in [0.1, 0.15) is 17.0 Å². The summed E-state index contributed by atoms with van der Waals surface area (Å²) < 4.78 is 11.3. The molecule has 3 aromatic carbocycles. The van der Waals surface area contributed by atoms with Crippen molar-refractivity contribution in [2.24, 2.45) is 0 Å². The van der Waals surface area contributed by atoms with Crippen molar-refractivity contribution in [3.05, 3.63) is 71.3 Å². The maximum absolute atomic E-state index is 12.5. The molecule has 0 fully saturated rings. The number of aromatic nitrogens is 1. The summed E-state index contributed by atoms with van der Waals surface area (Å²) in [5, 5.41) is 13.3. The molecule has 0 spiro atoms. The average molecular weight is 402 g/mol. The molecule has 4 aromatic rings. The zero-order valence-corrected chi connectivity index (χ0v) is 17.0. The second kappa shape index (κ2) is 7.91. The minimum absolute atomic E-state index is 0.0316. The number of ether oxygens (including phenoxy) is 1. The Hall–Kier alpha value is -3.80. The number of rotatable bonds is 5. The summed E-state index contributed by atoms with van der Waals surface area (Å²) in [4.78, 5) is 17.0. The van der Waals surface area contributed by atoms with Gasteiger partial charge in [-0.15, -0.1) is 0 Å². The van der Waals surface area contributed by atoms with Crippen molar-refractivity contribution in [3.63, 3.8) is 0 Å². The lowest BCUT2D eigenvalue weighted by Gasteiger charge is -2.09. The maximum atomic E-state index is 12.5. The first kappa shape index (κ1) is 19.5. The number of anilines is 1. The van der Waals surface area contributed by atoms with Gasteiger partial charge in [0, 0.05) is 17.3 Å². The van der Waals surface area contributed by atoms with Crippen LogP contribution in [-0.4, -0.2) is 22.6 Å². The molecule has 4 rings (SSSR count). The summed E-state index contributed by atoms with van der Waals surface area (Å²) in [7, 11) is 0. The predicted octanol–water partition coefficient (Wildman–Crippen LogP) is 5.47. The molecule has 152 valence electrons. The number of aryl methyl sites for hydroxylation is 2. The van der Waals surface area contributed by atoms with Crippen LogP contribution in [0.25, 0.3) is 22.6 Å². The summed E-state index contributed by atoms with van der Waals surface area (Å²) in [5.74, 6) is 0.631. The van der Waals surface area contributed by atoms with Crippen molar-refractivity contribution in [2.45, 2.75) is 20.8 Å². The van der Waals surface area contributed by atoms with Gasteiger partial charge in [-0.1, -0.05) is 6.07 Å². The minimum Gasteiger partial charge on any atom is -0.507 e. The highest BCUT2D eigenvalue weighted by Crippen LogP contribution is 2.34. The van der Waals surface area contributed by atoms with E-state index >= 15 is 0 Å². The molecular formula is C24H22N2O4. The summed E-state index contributed by atoms with van der Waals surface area (Å²) in [5.41, 5.74) is 5.02. The van der Waals surface area contributed by atoms with E-state index in [9.17, 15) is 9.90 Å². The zero-order chi connectivity index (χ0) is 21.3. The van der Waals surface area contributed by atoms with Gasteiger partial charge in [0.2, 0.25) is 5.89 Å². The number of oxazole rings is 1. The van der Waals surface area contributed by atoms with Crippen LogP contribution in [-0.2, 0) is 0 Å². The number of fused-ring (bicyclic) bond motifs is 1. The second-order valence-electron chi connectivity index (χ2n) is 7.07. The molecule has 6 nitrogen and oxygen atoms in total. The van der Waals surface area contributed by atoms with Crippen LogP contribution >= 0.6 is 0 Å². The third kappa shape index (κ3) is 3.85. The van der Waals surface area contributed by atoms with Gasteiger partial charge in [0.25, 0.3) is 5.91 Å². The minimum atomic E-state index is -0.295. The molecule has 1 amide bonds. The molecule has 0 unspecified atom stereocenters. The Kier molecular flexibility index (Phi) is 5.14. The van der Waals surface area contributed by atoms with Crippen molar-refractivity contribution < 1.29 is 19.1 Å². The summed E-state index contributed by atoms with van der Waals surface area (Å²) >= 11 is 0. The van der Waals surface area contributed by atoms with Gasteiger partial charge < -0.3 is 19.6 Å². The Morgan fingerprint density at radius 2 is 1.90 bits per heavy atom. The normalized spacial score (nSPS) is 10.9. The first-order valence-corrected chi connectivity index (χ1v) is 9.70. The number of hydrogen-bond donors (Lipinski definition) is 2.